The SMILES string of the molecule is O=C(C=Cc1cccc(C(F)(F)F)c1)Nc1ncc(Cc2ccccc2)s1. The van der Waals surface area contributed by atoms with Crippen LogP contribution < -0.4 is 5.32 Å². The van der Waals surface area contributed by atoms with E-state index >= 15 is 0 Å². The van der Waals surface area contributed by atoms with E-state index in [0.717, 1.165) is 22.6 Å². The highest BCUT2D eigenvalue weighted by Gasteiger charge is 2.30. The van der Waals surface area contributed by atoms with Crippen molar-refractivity contribution in [2.45, 2.75) is 12.6 Å². The van der Waals surface area contributed by atoms with Crippen LogP contribution in [-0.2, 0) is 17.4 Å². The number of alkyl halides is 3. The summed E-state index contributed by atoms with van der Waals surface area (Å²) in [6, 6.07) is 14.7. The third kappa shape index (κ3) is 5.52. The van der Waals surface area contributed by atoms with Gasteiger partial charge in [0, 0.05) is 23.6 Å². The maximum atomic E-state index is 12.7. The molecular weight excluding hydrogens is 373 g/mol. The molecule has 1 N–H and O–H groups in total. The van der Waals surface area contributed by atoms with Gasteiger partial charge in [0.05, 0.1) is 5.56 Å². The highest BCUT2D eigenvalue weighted by Crippen LogP contribution is 2.29. The lowest BCUT2D eigenvalue weighted by Gasteiger charge is -2.06. The van der Waals surface area contributed by atoms with Crippen LogP contribution >= 0.6 is 11.3 Å². The van der Waals surface area contributed by atoms with Crippen LogP contribution in [0.25, 0.3) is 6.08 Å². The van der Waals surface area contributed by atoms with E-state index in [4.69, 9.17) is 0 Å². The van der Waals surface area contributed by atoms with Crippen molar-refractivity contribution in [2.75, 3.05) is 5.32 Å². The van der Waals surface area contributed by atoms with Gasteiger partial charge in [-0.1, -0.05) is 42.5 Å². The summed E-state index contributed by atoms with van der Waals surface area (Å²) in [5, 5.41) is 3.07. The summed E-state index contributed by atoms with van der Waals surface area (Å²) in [5.74, 6) is -0.451. The second kappa shape index (κ2) is 8.18. The Morgan fingerprint density at radius 1 is 1.11 bits per heavy atom. The lowest BCUT2D eigenvalue weighted by Crippen LogP contribution is -2.07. The first kappa shape index (κ1) is 18.8. The molecule has 2 aromatic carbocycles. The summed E-state index contributed by atoms with van der Waals surface area (Å²) in [5.41, 5.74) is 0.683. The topological polar surface area (TPSA) is 42.0 Å². The van der Waals surface area contributed by atoms with E-state index in [0.29, 0.717) is 17.1 Å². The molecule has 0 spiro atoms. The van der Waals surface area contributed by atoms with Crippen molar-refractivity contribution >= 4 is 28.5 Å². The van der Waals surface area contributed by atoms with E-state index in [-0.39, 0.29) is 0 Å². The highest BCUT2D eigenvalue weighted by atomic mass is 32.1. The third-order valence-corrected chi connectivity index (χ3v) is 4.56. The average Bonchev–Trinajstić information content (AvgIpc) is 3.07. The number of nitrogens with zero attached hydrogens (tertiary/aromatic N) is 1. The van der Waals surface area contributed by atoms with Gasteiger partial charge in [0.25, 0.3) is 0 Å². The Morgan fingerprint density at radius 2 is 1.89 bits per heavy atom. The summed E-state index contributed by atoms with van der Waals surface area (Å²) in [6.07, 6.45) is 0.525. The number of carbonyl (C=O) groups is 1. The number of carbonyl (C=O) groups excluding carboxylic acids is 1. The van der Waals surface area contributed by atoms with Crippen LogP contribution in [0.2, 0.25) is 0 Å². The smallest absolute Gasteiger partial charge is 0.298 e. The van der Waals surface area contributed by atoms with E-state index in [2.05, 4.69) is 10.3 Å². The Bertz CT molecular complexity index is 949. The molecule has 0 atom stereocenters. The number of halogens is 3. The second-order valence-corrected chi connectivity index (χ2v) is 6.86. The third-order valence-electron chi connectivity index (χ3n) is 3.65. The number of hydrogen-bond donors (Lipinski definition) is 1. The van der Waals surface area contributed by atoms with Crippen LogP contribution in [0.1, 0.15) is 21.6 Å². The van der Waals surface area contributed by atoms with Gasteiger partial charge in [-0.25, -0.2) is 4.98 Å². The largest absolute Gasteiger partial charge is 0.416 e. The Kier molecular flexibility index (Phi) is 5.71. The van der Waals surface area contributed by atoms with Crippen LogP contribution in [0.3, 0.4) is 0 Å². The first-order valence-corrected chi connectivity index (χ1v) is 8.87. The summed E-state index contributed by atoms with van der Waals surface area (Å²) in [4.78, 5) is 17.1. The molecular formula is C20H15F3N2OS. The monoisotopic (exact) mass is 388 g/mol. The van der Waals surface area contributed by atoms with Crippen molar-refractivity contribution in [3.05, 3.63) is 88.4 Å². The van der Waals surface area contributed by atoms with E-state index in [1.54, 1.807) is 6.20 Å². The highest BCUT2D eigenvalue weighted by molar-refractivity contribution is 7.15. The molecule has 1 heterocycles. The molecule has 0 saturated heterocycles. The molecule has 3 nitrogen and oxygen atoms in total. The van der Waals surface area contributed by atoms with Crippen molar-refractivity contribution < 1.29 is 18.0 Å². The van der Waals surface area contributed by atoms with Crippen LogP contribution in [0.15, 0.2) is 66.9 Å². The molecule has 1 aromatic heterocycles. The van der Waals surface area contributed by atoms with Crippen molar-refractivity contribution in [1.82, 2.24) is 4.98 Å². The van der Waals surface area contributed by atoms with Crippen molar-refractivity contribution in [2.24, 2.45) is 0 Å². The number of aromatic nitrogens is 1. The van der Waals surface area contributed by atoms with E-state index in [9.17, 15) is 18.0 Å². The predicted octanol–water partition coefficient (Wildman–Crippen LogP) is 5.40. The Labute approximate surface area is 158 Å². The summed E-state index contributed by atoms with van der Waals surface area (Å²) < 4.78 is 38.1. The van der Waals surface area contributed by atoms with Gasteiger partial charge in [0.1, 0.15) is 0 Å². The summed E-state index contributed by atoms with van der Waals surface area (Å²) in [6.45, 7) is 0. The molecule has 1 amide bonds. The number of hydrogen-bond acceptors (Lipinski definition) is 3. The minimum absolute atomic E-state index is 0.295. The number of amides is 1. The zero-order valence-electron chi connectivity index (χ0n) is 14.0. The van der Waals surface area contributed by atoms with Crippen LogP contribution in [0.5, 0.6) is 0 Å². The van der Waals surface area contributed by atoms with Crippen LogP contribution in [0.4, 0.5) is 18.3 Å². The van der Waals surface area contributed by atoms with Gasteiger partial charge in [-0.3, -0.25) is 10.1 Å². The average molecular weight is 388 g/mol. The lowest BCUT2D eigenvalue weighted by molar-refractivity contribution is -0.137. The maximum Gasteiger partial charge on any atom is 0.416 e. The van der Waals surface area contributed by atoms with Gasteiger partial charge in [-0.05, 0) is 29.3 Å². The minimum atomic E-state index is -4.41. The van der Waals surface area contributed by atoms with E-state index in [1.807, 2.05) is 30.3 Å². The molecule has 3 aromatic rings. The van der Waals surface area contributed by atoms with Gasteiger partial charge in [0.2, 0.25) is 5.91 Å². The molecule has 0 fully saturated rings. The summed E-state index contributed by atoms with van der Waals surface area (Å²) in [7, 11) is 0. The Balaban J connectivity index is 1.60. The zero-order valence-corrected chi connectivity index (χ0v) is 14.8. The first-order valence-electron chi connectivity index (χ1n) is 8.05. The summed E-state index contributed by atoms with van der Waals surface area (Å²) >= 11 is 1.36. The normalized spacial score (nSPS) is 11.7. The molecule has 0 saturated carbocycles. The Hall–Kier alpha value is -2.93. The molecule has 0 unspecified atom stereocenters. The fourth-order valence-electron chi connectivity index (χ4n) is 2.38. The molecule has 0 aliphatic rings. The molecule has 3 rings (SSSR count). The fourth-order valence-corrected chi connectivity index (χ4v) is 3.23. The molecule has 0 aliphatic heterocycles. The van der Waals surface area contributed by atoms with E-state index in [1.165, 1.54) is 35.6 Å². The number of benzene rings is 2. The zero-order chi connectivity index (χ0) is 19.3. The first-order chi connectivity index (χ1) is 12.9. The van der Waals surface area contributed by atoms with Crippen LogP contribution in [0, 0.1) is 0 Å². The van der Waals surface area contributed by atoms with Gasteiger partial charge >= 0.3 is 6.18 Å². The number of anilines is 1. The molecule has 7 heteroatoms. The minimum Gasteiger partial charge on any atom is -0.298 e. The number of thiazole rings is 1. The lowest BCUT2D eigenvalue weighted by atomic mass is 10.1. The van der Waals surface area contributed by atoms with E-state index < -0.39 is 17.6 Å². The maximum absolute atomic E-state index is 12.7. The number of nitrogens with one attached hydrogen (secondary N) is 1. The Morgan fingerprint density at radius 3 is 2.63 bits per heavy atom. The van der Waals surface area contributed by atoms with Gasteiger partial charge in [-0.2, -0.15) is 13.2 Å². The van der Waals surface area contributed by atoms with Crippen molar-refractivity contribution in [3.63, 3.8) is 0 Å². The van der Waals surface area contributed by atoms with Gasteiger partial charge in [0.15, 0.2) is 5.13 Å². The quantitative estimate of drug-likeness (QED) is 0.594. The van der Waals surface area contributed by atoms with Crippen LogP contribution in [-0.4, -0.2) is 10.9 Å². The van der Waals surface area contributed by atoms with Crippen molar-refractivity contribution in [1.29, 1.82) is 0 Å². The molecule has 138 valence electrons. The van der Waals surface area contributed by atoms with Crippen molar-refractivity contribution in [3.8, 4) is 0 Å². The number of rotatable bonds is 5. The molecule has 0 bridgehead atoms. The molecule has 27 heavy (non-hydrogen) atoms. The predicted molar refractivity (Wildman–Crippen MR) is 100 cm³/mol. The molecule has 0 radical (unpaired) electrons. The second-order valence-electron chi connectivity index (χ2n) is 5.74. The molecule has 0 aliphatic carbocycles. The van der Waals surface area contributed by atoms with Gasteiger partial charge < -0.3 is 0 Å². The van der Waals surface area contributed by atoms with Gasteiger partial charge in [-0.15, -0.1) is 11.3 Å². The standard InChI is InChI=1S/C20H15F3N2OS/c21-20(22,23)16-8-4-7-15(11-16)9-10-18(26)25-19-24-13-17(27-19)12-14-5-2-1-3-6-14/h1-11,13H,12H2,(H,24,25,26). The fraction of sp³-hybridized carbons (Fsp3) is 0.100.